The average Bonchev–Trinajstić information content (AvgIpc) is 3.33. The number of benzene rings is 1. The molecular formula is C44H60N2O4. The number of carbonyl (C=O) groups excluding carboxylic acids is 2. The zero-order chi connectivity index (χ0) is 34.9. The van der Waals surface area contributed by atoms with Gasteiger partial charge in [0.15, 0.2) is 5.78 Å². The van der Waals surface area contributed by atoms with E-state index in [2.05, 4.69) is 42.3 Å². The van der Waals surface area contributed by atoms with Crippen LogP contribution in [0, 0.1) is 56.7 Å². The van der Waals surface area contributed by atoms with Crippen LogP contribution in [0.2, 0.25) is 0 Å². The van der Waals surface area contributed by atoms with Crippen LogP contribution in [0.5, 0.6) is 0 Å². The maximum atomic E-state index is 14.8. The van der Waals surface area contributed by atoms with Gasteiger partial charge >= 0.3 is 6.03 Å². The van der Waals surface area contributed by atoms with Crippen molar-refractivity contribution in [1.82, 2.24) is 10.2 Å². The molecule has 6 heteroatoms. The van der Waals surface area contributed by atoms with Crippen LogP contribution in [0.3, 0.4) is 0 Å². The van der Waals surface area contributed by atoms with E-state index in [0.717, 1.165) is 67.5 Å². The minimum Gasteiger partial charge on any atom is -0.393 e. The number of nitrogens with zero attached hydrogens (tertiary/aromatic N) is 1. The predicted octanol–water partition coefficient (Wildman–Crippen LogP) is 8.10. The van der Waals surface area contributed by atoms with Gasteiger partial charge in [0.25, 0.3) is 0 Å². The molecule has 8 unspecified atom stereocenters. The molecule has 0 radical (unpaired) electrons. The first-order valence-corrected chi connectivity index (χ1v) is 20.2. The third kappa shape index (κ3) is 4.51. The van der Waals surface area contributed by atoms with E-state index in [1.807, 2.05) is 44.2 Å². The van der Waals surface area contributed by atoms with Crippen molar-refractivity contribution in [2.45, 2.75) is 129 Å². The van der Waals surface area contributed by atoms with Gasteiger partial charge in [-0.15, -0.1) is 0 Å². The third-order valence-electron chi connectivity index (χ3n) is 16.8. The van der Waals surface area contributed by atoms with E-state index >= 15 is 0 Å². The Labute approximate surface area is 299 Å². The molecule has 0 saturated heterocycles. The molecule has 1 aromatic rings. The van der Waals surface area contributed by atoms with E-state index in [4.69, 9.17) is 0 Å². The highest BCUT2D eigenvalue weighted by Gasteiger charge is 2.74. The van der Waals surface area contributed by atoms with E-state index in [1.54, 1.807) is 0 Å². The number of allylic oxidation sites excluding steroid dienone is 4. The Morgan fingerprint density at radius 1 is 0.840 bits per heavy atom. The largest absolute Gasteiger partial charge is 0.393 e. The summed E-state index contributed by atoms with van der Waals surface area (Å²) in [5.41, 5.74) is -0.642. The normalized spacial score (nSPS) is 47.8. The first kappa shape index (κ1) is 33.4. The fourth-order valence-corrected chi connectivity index (χ4v) is 15.1. The maximum absolute atomic E-state index is 14.8. The van der Waals surface area contributed by atoms with Crippen molar-refractivity contribution in [3.8, 4) is 0 Å². The highest BCUT2D eigenvalue weighted by molar-refractivity contribution is 6.10. The summed E-state index contributed by atoms with van der Waals surface area (Å²) in [5, 5.41) is 27.5. The summed E-state index contributed by atoms with van der Waals surface area (Å²) < 4.78 is 0. The SMILES string of the molecule is CC(C)NC(=O)N(CC12CC3CC(CC(C3)C1)C2)CC1(O)CCC2C34C=CC5(C=C3C(=O)c3ccccc3)CC(O)CCC5(C)C4CCC21C. The topological polar surface area (TPSA) is 89.9 Å². The van der Waals surface area contributed by atoms with Gasteiger partial charge in [0, 0.05) is 40.0 Å². The van der Waals surface area contributed by atoms with Gasteiger partial charge in [-0.3, -0.25) is 4.79 Å². The minimum atomic E-state index is -1.06. The summed E-state index contributed by atoms with van der Waals surface area (Å²) in [4.78, 5) is 31.0. The zero-order valence-electron chi connectivity index (χ0n) is 30.9. The number of hydrogen-bond acceptors (Lipinski definition) is 4. The van der Waals surface area contributed by atoms with Gasteiger partial charge < -0.3 is 20.4 Å². The second-order valence-electron chi connectivity index (χ2n) is 19.9. The van der Waals surface area contributed by atoms with Gasteiger partial charge in [0.2, 0.25) is 0 Å². The number of nitrogens with one attached hydrogen (secondary N) is 1. The Hall–Kier alpha value is -2.44. The lowest BCUT2D eigenvalue weighted by Gasteiger charge is -2.71. The molecule has 1 aromatic carbocycles. The monoisotopic (exact) mass is 680 g/mol. The fraction of sp³-hybridized carbons (Fsp3) is 0.727. The van der Waals surface area contributed by atoms with Crippen molar-refractivity contribution in [2.75, 3.05) is 13.1 Å². The molecule has 6 nitrogen and oxygen atoms in total. The number of ketones is 1. The molecule has 50 heavy (non-hydrogen) atoms. The molecule has 3 N–H and O–H groups in total. The molecule has 270 valence electrons. The smallest absolute Gasteiger partial charge is 0.317 e. The fourth-order valence-electron chi connectivity index (χ4n) is 15.1. The van der Waals surface area contributed by atoms with Gasteiger partial charge in [0.1, 0.15) is 0 Å². The van der Waals surface area contributed by atoms with Crippen molar-refractivity contribution < 1.29 is 19.8 Å². The molecule has 6 bridgehead atoms. The highest BCUT2D eigenvalue weighted by Crippen LogP contribution is 2.78. The lowest BCUT2D eigenvalue weighted by Crippen LogP contribution is -2.68. The number of carbonyl (C=O) groups is 2. The maximum Gasteiger partial charge on any atom is 0.317 e. The summed E-state index contributed by atoms with van der Waals surface area (Å²) in [7, 11) is 0. The summed E-state index contributed by atoms with van der Waals surface area (Å²) in [6, 6.07) is 9.74. The number of hydrogen-bond donors (Lipinski definition) is 3. The van der Waals surface area contributed by atoms with Crippen molar-refractivity contribution in [2.24, 2.45) is 56.7 Å². The number of amides is 2. The lowest BCUT2D eigenvalue weighted by atomic mass is 9.32. The minimum absolute atomic E-state index is 0.0265. The van der Waals surface area contributed by atoms with Crippen LogP contribution in [-0.2, 0) is 0 Å². The Bertz CT molecular complexity index is 1600. The summed E-state index contributed by atoms with van der Waals surface area (Å²) in [6.45, 7) is 9.90. The van der Waals surface area contributed by atoms with E-state index in [1.165, 1.54) is 38.5 Å². The first-order valence-electron chi connectivity index (χ1n) is 20.2. The zero-order valence-corrected chi connectivity index (χ0v) is 30.9. The molecule has 2 spiro atoms. The van der Waals surface area contributed by atoms with E-state index in [-0.39, 0.29) is 52.0 Å². The standard InChI is InChI=1S/C44H60N2O4/c1-28(2)45-38(49)46(26-41-21-29-18-30(22-41)20-31(19-29)23-41)27-43(50)15-12-36-40(43,4)14-11-35-39(3)13-10-33(47)24-42(39)16-17-44(35,36)34(25-42)37(48)32-8-6-5-7-9-32/h5-9,16-17,25,28-31,33,35-36,47,50H,10-15,18-24,26-27H2,1-4H3,(H,45,49). The molecule has 0 aliphatic heterocycles. The van der Waals surface area contributed by atoms with E-state index in [9.17, 15) is 19.8 Å². The Balaban J connectivity index is 1.10. The van der Waals surface area contributed by atoms with Crippen LogP contribution in [0.1, 0.15) is 122 Å². The Morgan fingerprint density at radius 3 is 2.12 bits per heavy atom. The van der Waals surface area contributed by atoms with Gasteiger partial charge in [-0.2, -0.15) is 0 Å². The molecule has 11 rings (SSSR count). The predicted molar refractivity (Wildman–Crippen MR) is 195 cm³/mol. The van der Waals surface area contributed by atoms with Gasteiger partial charge in [-0.25, -0.2) is 4.79 Å². The van der Waals surface area contributed by atoms with E-state index < -0.39 is 16.4 Å². The van der Waals surface area contributed by atoms with Crippen molar-refractivity contribution in [3.63, 3.8) is 0 Å². The average molecular weight is 681 g/mol. The summed E-state index contributed by atoms with van der Waals surface area (Å²) in [6.07, 6.45) is 20.2. The van der Waals surface area contributed by atoms with Crippen LogP contribution >= 0.6 is 0 Å². The molecule has 10 aliphatic carbocycles. The van der Waals surface area contributed by atoms with Crippen LogP contribution in [0.15, 0.2) is 54.1 Å². The number of Topliss-reactive ketones (excluding diaryl/α,β-unsaturated/α-hetero) is 1. The molecule has 0 heterocycles. The molecule has 2 amide bonds. The number of aliphatic hydroxyl groups excluding tert-OH is 1. The van der Waals surface area contributed by atoms with Crippen LogP contribution in [-0.4, -0.2) is 57.8 Å². The van der Waals surface area contributed by atoms with Gasteiger partial charge in [-0.05, 0) is 138 Å². The van der Waals surface area contributed by atoms with Crippen molar-refractivity contribution >= 4 is 11.8 Å². The second-order valence-corrected chi connectivity index (χ2v) is 19.9. The molecule has 0 aromatic heterocycles. The third-order valence-corrected chi connectivity index (χ3v) is 16.8. The van der Waals surface area contributed by atoms with Crippen LogP contribution < -0.4 is 5.32 Å². The Kier molecular flexibility index (Phi) is 7.38. The summed E-state index contributed by atoms with van der Waals surface area (Å²) >= 11 is 0. The van der Waals surface area contributed by atoms with Crippen LogP contribution in [0.4, 0.5) is 4.79 Å². The lowest BCUT2D eigenvalue weighted by molar-refractivity contribution is -0.176. The van der Waals surface area contributed by atoms with Crippen LogP contribution in [0.25, 0.3) is 0 Å². The number of fused-ring (bicyclic) bond motifs is 1. The molecular weight excluding hydrogens is 620 g/mol. The molecule has 7 saturated carbocycles. The van der Waals surface area contributed by atoms with Crippen molar-refractivity contribution in [1.29, 1.82) is 0 Å². The highest BCUT2D eigenvalue weighted by atomic mass is 16.3. The van der Waals surface area contributed by atoms with Gasteiger partial charge in [0.05, 0.1) is 18.2 Å². The quantitative estimate of drug-likeness (QED) is 0.201. The molecule has 8 atom stereocenters. The molecule has 7 fully saturated rings. The number of rotatable bonds is 7. The first-order chi connectivity index (χ1) is 23.7. The molecule has 10 aliphatic rings. The Morgan fingerprint density at radius 2 is 1.46 bits per heavy atom. The number of aliphatic hydroxyl groups is 2. The number of urea groups is 1. The second kappa shape index (κ2) is 11.0. The summed E-state index contributed by atoms with van der Waals surface area (Å²) in [5.74, 6) is 2.83. The van der Waals surface area contributed by atoms with Crippen molar-refractivity contribution in [3.05, 3.63) is 59.7 Å². The van der Waals surface area contributed by atoms with Gasteiger partial charge in [-0.1, -0.05) is 62.4 Å². The van der Waals surface area contributed by atoms with E-state index in [0.29, 0.717) is 19.4 Å².